The Morgan fingerprint density at radius 3 is 2.27 bits per heavy atom. The summed E-state index contributed by atoms with van der Waals surface area (Å²) in [5, 5.41) is 10.9. The zero-order chi connectivity index (χ0) is 31.9. The average Bonchev–Trinajstić information content (AvgIpc) is 3.42. The van der Waals surface area contributed by atoms with Crippen LogP contribution in [0.4, 0.5) is 15.3 Å². The average molecular weight is 607 g/mol. The van der Waals surface area contributed by atoms with Gasteiger partial charge in [-0.15, -0.1) is 6.58 Å². The molecule has 4 rings (SSSR count). The predicted octanol–water partition coefficient (Wildman–Crippen LogP) is 6.61. The van der Waals surface area contributed by atoms with Crippen LogP contribution in [-0.4, -0.2) is 82.7 Å². The lowest BCUT2D eigenvalue weighted by Crippen LogP contribution is -2.48. The van der Waals surface area contributed by atoms with Crippen LogP contribution in [-0.2, 0) is 16.1 Å². The maximum atomic E-state index is 13.1. The van der Waals surface area contributed by atoms with Gasteiger partial charge >= 0.3 is 12.2 Å². The van der Waals surface area contributed by atoms with Gasteiger partial charge in [-0.1, -0.05) is 36.4 Å². The van der Waals surface area contributed by atoms with E-state index in [0.29, 0.717) is 23.9 Å². The van der Waals surface area contributed by atoms with E-state index in [0.717, 1.165) is 45.3 Å². The normalized spacial score (nSPS) is 21.0. The number of hydrogen-bond donors (Lipinski definition) is 0. The quantitative estimate of drug-likeness (QED) is 0.170. The zero-order valence-corrected chi connectivity index (χ0v) is 26.4. The van der Waals surface area contributed by atoms with Crippen molar-refractivity contribution < 1.29 is 24.0 Å². The second-order valence-electron chi connectivity index (χ2n) is 12.9. The lowest BCUT2D eigenvalue weighted by atomic mass is 9.88. The molecular weight excluding hydrogens is 560 g/mol. The second-order valence-corrected chi connectivity index (χ2v) is 12.9. The van der Waals surface area contributed by atoms with Crippen LogP contribution in [0.25, 0.3) is 0 Å². The third-order valence-electron chi connectivity index (χ3n) is 8.69. The number of carbonyl (C=O) groups is 2. The number of nitro benzene ring substituents is 1. The Kier molecular flexibility index (Phi) is 11.0. The Morgan fingerprint density at radius 1 is 1.02 bits per heavy atom. The van der Waals surface area contributed by atoms with Crippen LogP contribution in [0.2, 0.25) is 0 Å². The first kappa shape index (κ1) is 33.0. The van der Waals surface area contributed by atoms with Gasteiger partial charge in [-0.25, -0.2) is 9.59 Å². The number of nitro groups is 1. The summed E-state index contributed by atoms with van der Waals surface area (Å²) in [6.45, 7) is 12.6. The van der Waals surface area contributed by atoms with Crippen LogP contribution >= 0.6 is 0 Å². The van der Waals surface area contributed by atoms with E-state index in [-0.39, 0.29) is 30.5 Å². The molecule has 3 atom stereocenters. The monoisotopic (exact) mass is 606 g/mol. The second kappa shape index (κ2) is 14.7. The predicted molar refractivity (Wildman–Crippen MR) is 169 cm³/mol. The zero-order valence-electron chi connectivity index (χ0n) is 26.4. The van der Waals surface area contributed by atoms with E-state index in [4.69, 9.17) is 9.47 Å². The summed E-state index contributed by atoms with van der Waals surface area (Å²) >= 11 is 0. The number of likely N-dealkylation sites (tertiary alicyclic amines) is 1. The van der Waals surface area contributed by atoms with Gasteiger partial charge in [0, 0.05) is 57.4 Å². The maximum absolute atomic E-state index is 13.1. The van der Waals surface area contributed by atoms with Crippen molar-refractivity contribution in [2.45, 2.75) is 76.7 Å². The van der Waals surface area contributed by atoms with E-state index in [1.54, 1.807) is 28.0 Å². The Labute approximate surface area is 260 Å². The maximum Gasteiger partial charge on any atom is 0.410 e. The summed E-state index contributed by atoms with van der Waals surface area (Å²) in [5.74, 6) is 0.732. The van der Waals surface area contributed by atoms with Crippen molar-refractivity contribution in [3.8, 4) is 0 Å². The number of non-ortho nitro benzene ring substituents is 1. The number of hydrogen-bond acceptors (Lipinski definition) is 7. The van der Waals surface area contributed by atoms with Crippen molar-refractivity contribution in [3.63, 3.8) is 0 Å². The highest BCUT2D eigenvalue weighted by Crippen LogP contribution is 2.42. The molecule has 2 aromatic rings. The van der Waals surface area contributed by atoms with E-state index in [1.807, 2.05) is 33.9 Å². The summed E-state index contributed by atoms with van der Waals surface area (Å²) in [4.78, 5) is 42.4. The van der Waals surface area contributed by atoms with E-state index in [9.17, 15) is 19.7 Å². The Balaban J connectivity index is 1.34. The van der Waals surface area contributed by atoms with Gasteiger partial charge in [0.15, 0.2) is 0 Å². The highest BCUT2D eigenvalue weighted by Gasteiger charge is 2.40. The van der Waals surface area contributed by atoms with Crippen LogP contribution in [0.5, 0.6) is 0 Å². The molecule has 0 radical (unpaired) electrons. The molecule has 1 aliphatic carbocycles. The summed E-state index contributed by atoms with van der Waals surface area (Å²) in [5.41, 5.74) is 1.46. The van der Waals surface area contributed by atoms with Crippen molar-refractivity contribution in [3.05, 3.63) is 88.5 Å². The first-order valence-electron chi connectivity index (χ1n) is 15.5. The SMILES string of the molecule is C=CCN(C(=O)OCc1ccc([N+](=O)[O-])cc1)C1CCN(C[C@H]2C[C@H](N(C)C(=O)OC(C)(C)C)C[C@@H]2c2ccccc2)CC1. The molecule has 0 aromatic heterocycles. The summed E-state index contributed by atoms with van der Waals surface area (Å²) in [6.07, 6.45) is 4.48. The number of benzene rings is 2. The van der Waals surface area contributed by atoms with Gasteiger partial charge in [0.2, 0.25) is 0 Å². The fourth-order valence-electron chi connectivity index (χ4n) is 6.40. The van der Waals surface area contributed by atoms with E-state index < -0.39 is 16.6 Å². The van der Waals surface area contributed by atoms with Crippen molar-refractivity contribution in [1.82, 2.24) is 14.7 Å². The first-order chi connectivity index (χ1) is 20.9. The molecule has 238 valence electrons. The first-order valence-corrected chi connectivity index (χ1v) is 15.5. The molecule has 1 heterocycles. The largest absolute Gasteiger partial charge is 0.445 e. The highest BCUT2D eigenvalue weighted by atomic mass is 16.6. The Morgan fingerprint density at radius 2 is 1.68 bits per heavy atom. The van der Waals surface area contributed by atoms with Crippen molar-refractivity contribution in [2.75, 3.05) is 33.2 Å². The van der Waals surface area contributed by atoms with Gasteiger partial charge in [-0.3, -0.25) is 10.1 Å². The smallest absolute Gasteiger partial charge is 0.410 e. The van der Waals surface area contributed by atoms with Gasteiger partial charge in [0.05, 0.1) is 4.92 Å². The summed E-state index contributed by atoms with van der Waals surface area (Å²) < 4.78 is 11.3. The Bertz CT molecular complexity index is 1270. The van der Waals surface area contributed by atoms with Gasteiger partial charge in [-0.2, -0.15) is 0 Å². The van der Waals surface area contributed by atoms with Crippen LogP contribution in [0.15, 0.2) is 67.3 Å². The Hall–Kier alpha value is -3.92. The molecule has 0 spiro atoms. The van der Waals surface area contributed by atoms with Crippen LogP contribution in [0, 0.1) is 16.0 Å². The number of nitrogens with zero attached hydrogens (tertiary/aromatic N) is 4. The van der Waals surface area contributed by atoms with Crippen LogP contribution in [0.3, 0.4) is 0 Å². The summed E-state index contributed by atoms with van der Waals surface area (Å²) in [6, 6.07) is 16.7. The van der Waals surface area contributed by atoms with Gasteiger partial charge in [0.25, 0.3) is 5.69 Å². The minimum absolute atomic E-state index is 0.00149. The molecule has 0 bridgehead atoms. The molecule has 44 heavy (non-hydrogen) atoms. The molecule has 2 aromatic carbocycles. The standard InChI is InChI=1S/C34H46N4O6/c1-6-18-37(33(40)43-24-25-12-14-29(15-13-25)38(41)42)28-16-19-36(20-17-28)23-27-21-30(35(5)32(39)44-34(2,3)4)22-31(27)26-10-8-7-9-11-26/h6-15,27-28,30-31H,1,16-24H2,2-5H3/t27-,30+,31-/m1/s1. The van der Waals surface area contributed by atoms with Crippen molar-refractivity contribution >= 4 is 17.9 Å². The highest BCUT2D eigenvalue weighted by molar-refractivity contribution is 5.68. The molecule has 10 nitrogen and oxygen atoms in total. The van der Waals surface area contributed by atoms with E-state index in [1.165, 1.54) is 17.7 Å². The van der Waals surface area contributed by atoms with Gasteiger partial charge < -0.3 is 24.2 Å². The topological polar surface area (TPSA) is 105 Å². The minimum atomic E-state index is -0.539. The number of ether oxygens (including phenoxy) is 2. The fourth-order valence-corrected chi connectivity index (χ4v) is 6.40. The van der Waals surface area contributed by atoms with Gasteiger partial charge in [-0.05, 0) is 81.5 Å². The molecule has 1 aliphatic heterocycles. The molecule has 0 N–H and O–H groups in total. The third kappa shape index (κ3) is 8.81. The van der Waals surface area contributed by atoms with E-state index in [2.05, 4.69) is 35.7 Å². The molecule has 1 saturated heterocycles. The molecule has 0 unspecified atom stereocenters. The number of carbonyl (C=O) groups excluding carboxylic acids is 2. The van der Waals surface area contributed by atoms with E-state index >= 15 is 0 Å². The molecule has 2 fully saturated rings. The third-order valence-corrected chi connectivity index (χ3v) is 8.69. The lowest BCUT2D eigenvalue weighted by molar-refractivity contribution is -0.384. The fraction of sp³-hybridized carbons (Fsp3) is 0.529. The lowest BCUT2D eigenvalue weighted by Gasteiger charge is -2.39. The number of amides is 2. The molecule has 2 aliphatic rings. The molecule has 2 amide bonds. The van der Waals surface area contributed by atoms with Crippen LogP contribution < -0.4 is 0 Å². The van der Waals surface area contributed by atoms with Gasteiger partial charge in [0.1, 0.15) is 12.2 Å². The van der Waals surface area contributed by atoms with Crippen molar-refractivity contribution in [1.29, 1.82) is 0 Å². The van der Waals surface area contributed by atoms with Crippen LogP contribution in [0.1, 0.15) is 63.5 Å². The molecule has 10 heteroatoms. The number of piperidine rings is 1. The number of rotatable bonds is 10. The minimum Gasteiger partial charge on any atom is -0.445 e. The van der Waals surface area contributed by atoms with Crippen molar-refractivity contribution in [2.24, 2.45) is 5.92 Å². The molecular formula is C34H46N4O6. The molecule has 1 saturated carbocycles. The summed E-state index contributed by atoms with van der Waals surface area (Å²) in [7, 11) is 1.85.